The maximum atomic E-state index is 14.3. The molecule has 192 valence electrons. The minimum absolute atomic E-state index is 0.0630. The third-order valence-corrected chi connectivity index (χ3v) is 7.02. The van der Waals surface area contributed by atoms with Gasteiger partial charge in [-0.2, -0.15) is 13.2 Å². The number of aryl methyl sites for hydroxylation is 1. The van der Waals surface area contributed by atoms with Crippen LogP contribution in [0.15, 0.2) is 53.6 Å². The first-order valence-electron chi connectivity index (χ1n) is 12.0. The number of hydrogen-bond acceptors (Lipinski definition) is 4. The van der Waals surface area contributed by atoms with E-state index in [2.05, 4.69) is 15.0 Å². The molecule has 0 unspecified atom stereocenters. The van der Waals surface area contributed by atoms with Crippen LogP contribution in [0, 0.1) is 18.6 Å². The average Bonchev–Trinajstić information content (AvgIpc) is 2.86. The standard InChI is InChI=1S/C27H23F5N4O/c1-15-13-34-22-12-18(16-7-9-17(10-8-16)24-20(28)5-2-6-21(24)29)26(37)36(25(22)35-15)14-23-19(27(30,31)32)4-3-11-33-23/h2-6,11-13,16-17H,7-10,14H2,1H3. The Morgan fingerprint density at radius 3 is 2.32 bits per heavy atom. The molecule has 0 saturated heterocycles. The minimum atomic E-state index is -4.64. The molecule has 1 saturated carbocycles. The van der Waals surface area contributed by atoms with E-state index in [9.17, 15) is 26.7 Å². The number of benzene rings is 1. The van der Waals surface area contributed by atoms with Crippen LogP contribution < -0.4 is 5.56 Å². The number of aromatic nitrogens is 4. The second-order valence-electron chi connectivity index (χ2n) is 9.39. The summed E-state index contributed by atoms with van der Waals surface area (Å²) in [7, 11) is 0. The Labute approximate surface area is 209 Å². The smallest absolute Gasteiger partial charge is 0.285 e. The van der Waals surface area contributed by atoms with Crippen molar-refractivity contribution in [3.8, 4) is 0 Å². The Morgan fingerprint density at radius 2 is 1.65 bits per heavy atom. The molecule has 0 atom stereocenters. The zero-order valence-corrected chi connectivity index (χ0v) is 19.9. The molecule has 37 heavy (non-hydrogen) atoms. The van der Waals surface area contributed by atoms with Crippen molar-refractivity contribution in [1.29, 1.82) is 0 Å². The van der Waals surface area contributed by atoms with Gasteiger partial charge in [-0.25, -0.2) is 13.8 Å². The fourth-order valence-electron chi connectivity index (χ4n) is 5.24. The molecule has 0 radical (unpaired) electrons. The van der Waals surface area contributed by atoms with Crippen LogP contribution in [-0.4, -0.2) is 19.5 Å². The van der Waals surface area contributed by atoms with Crippen molar-refractivity contribution in [1.82, 2.24) is 19.5 Å². The molecule has 3 heterocycles. The lowest BCUT2D eigenvalue weighted by Crippen LogP contribution is -2.29. The van der Waals surface area contributed by atoms with Crippen molar-refractivity contribution in [2.24, 2.45) is 0 Å². The molecule has 4 aromatic rings. The third-order valence-electron chi connectivity index (χ3n) is 7.02. The number of fused-ring (bicyclic) bond motifs is 1. The van der Waals surface area contributed by atoms with Gasteiger partial charge in [-0.15, -0.1) is 0 Å². The van der Waals surface area contributed by atoms with Crippen molar-refractivity contribution in [2.45, 2.75) is 57.2 Å². The van der Waals surface area contributed by atoms with Gasteiger partial charge in [0.15, 0.2) is 5.65 Å². The van der Waals surface area contributed by atoms with Gasteiger partial charge in [0.25, 0.3) is 5.56 Å². The first-order valence-corrected chi connectivity index (χ1v) is 12.0. The van der Waals surface area contributed by atoms with Crippen LogP contribution in [0.2, 0.25) is 0 Å². The van der Waals surface area contributed by atoms with E-state index >= 15 is 0 Å². The molecule has 5 rings (SSSR count). The van der Waals surface area contributed by atoms with E-state index in [0.717, 1.165) is 6.07 Å². The van der Waals surface area contributed by atoms with E-state index in [1.165, 1.54) is 41.2 Å². The van der Waals surface area contributed by atoms with Crippen LogP contribution in [0.25, 0.3) is 11.2 Å². The lowest BCUT2D eigenvalue weighted by atomic mass is 9.76. The van der Waals surface area contributed by atoms with Crippen molar-refractivity contribution in [3.05, 3.63) is 98.9 Å². The molecule has 1 fully saturated rings. The number of pyridine rings is 2. The van der Waals surface area contributed by atoms with Crippen LogP contribution in [0.3, 0.4) is 0 Å². The van der Waals surface area contributed by atoms with Crippen molar-refractivity contribution in [2.75, 3.05) is 0 Å². The van der Waals surface area contributed by atoms with Crippen LogP contribution in [0.5, 0.6) is 0 Å². The molecule has 0 N–H and O–H groups in total. The molecule has 1 aliphatic carbocycles. The van der Waals surface area contributed by atoms with E-state index < -0.39 is 35.5 Å². The highest BCUT2D eigenvalue weighted by molar-refractivity contribution is 5.71. The first kappa shape index (κ1) is 25.0. The van der Waals surface area contributed by atoms with Gasteiger partial charge in [-0.1, -0.05) is 6.07 Å². The number of rotatable bonds is 4. The summed E-state index contributed by atoms with van der Waals surface area (Å²) >= 11 is 0. The average molecular weight is 514 g/mol. The summed E-state index contributed by atoms with van der Waals surface area (Å²) in [4.78, 5) is 26.4. The van der Waals surface area contributed by atoms with Crippen LogP contribution in [0.1, 0.15) is 65.6 Å². The molecule has 0 aliphatic heterocycles. The van der Waals surface area contributed by atoms with Gasteiger partial charge < -0.3 is 0 Å². The lowest BCUT2D eigenvalue weighted by Gasteiger charge is -2.29. The van der Waals surface area contributed by atoms with Gasteiger partial charge in [-0.3, -0.25) is 19.3 Å². The summed E-state index contributed by atoms with van der Waals surface area (Å²) in [6, 6.07) is 7.56. The van der Waals surface area contributed by atoms with E-state index in [-0.39, 0.29) is 28.7 Å². The van der Waals surface area contributed by atoms with Gasteiger partial charge in [-0.05, 0) is 74.8 Å². The highest BCUT2D eigenvalue weighted by atomic mass is 19.4. The summed E-state index contributed by atoms with van der Waals surface area (Å²) < 4.78 is 70.7. The molecular formula is C27H23F5N4O. The maximum Gasteiger partial charge on any atom is 0.418 e. The zero-order chi connectivity index (χ0) is 26.3. The Hall–Kier alpha value is -3.69. The van der Waals surface area contributed by atoms with Gasteiger partial charge in [0.05, 0.1) is 23.5 Å². The fourth-order valence-corrected chi connectivity index (χ4v) is 5.24. The van der Waals surface area contributed by atoms with Crippen LogP contribution in [0.4, 0.5) is 22.0 Å². The normalized spacial score (nSPS) is 18.3. The molecule has 3 aromatic heterocycles. The Morgan fingerprint density at radius 1 is 0.973 bits per heavy atom. The number of hydrogen-bond donors (Lipinski definition) is 0. The second kappa shape index (κ2) is 9.64. The fraction of sp³-hybridized carbons (Fsp3) is 0.333. The van der Waals surface area contributed by atoms with Crippen molar-refractivity contribution >= 4 is 11.2 Å². The topological polar surface area (TPSA) is 60.7 Å². The molecular weight excluding hydrogens is 491 g/mol. The monoisotopic (exact) mass is 514 g/mol. The van der Waals surface area contributed by atoms with Crippen molar-refractivity contribution < 1.29 is 22.0 Å². The van der Waals surface area contributed by atoms with Crippen LogP contribution in [-0.2, 0) is 12.7 Å². The number of halogens is 5. The minimum Gasteiger partial charge on any atom is -0.285 e. The highest BCUT2D eigenvalue weighted by Gasteiger charge is 2.34. The van der Waals surface area contributed by atoms with Gasteiger partial charge >= 0.3 is 6.18 Å². The van der Waals surface area contributed by atoms with Crippen LogP contribution >= 0.6 is 0 Å². The Kier molecular flexibility index (Phi) is 6.51. The van der Waals surface area contributed by atoms with Gasteiger partial charge in [0.1, 0.15) is 17.2 Å². The zero-order valence-electron chi connectivity index (χ0n) is 19.9. The molecule has 0 amide bonds. The van der Waals surface area contributed by atoms with Gasteiger partial charge in [0, 0.05) is 23.5 Å². The Balaban J connectivity index is 1.53. The number of nitrogens with zero attached hydrogens (tertiary/aromatic N) is 4. The summed E-state index contributed by atoms with van der Waals surface area (Å²) in [6.07, 6.45) is 0.0762. The molecule has 5 nitrogen and oxygen atoms in total. The largest absolute Gasteiger partial charge is 0.418 e. The summed E-state index contributed by atoms with van der Waals surface area (Å²) in [6.45, 7) is 1.26. The van der Waals surface area contributed by atoms with E-state index in [1.807, 2.05) is 0 Å². The molecule has 10 heteroatoms. The first-order chi connectivity index (χ1) is 17.6. The predicted molar refractivity (Wildman–Crippen MR) is 127 cm³/mol. The summed E-state index contributed by atoms with van der Waals surface area (Å²) in [5.41, 5.74) is -0.145. The van der Waals surface area contributed by atoms with E-state index in [0.29, 0.717) is 42.5 Å². The predicted octanol–water partition coefficient (Wildman–Crippen LogP) is 6.28. The third kappa shape index (κ3) is 4.84. The highest BCUT2D eigenvalue weighted by Crippen LogP contribution is 2.41. The second-order valence-corrected chi connectivity index (χ2v) is 9.39. The molecule has 1 aromatic carbocycles. The molecule has 0 spiro atoms. The molecule has 0 bridgehead atoms. The summed E-state index contributed by atoms with van der Waals surface area (Å²) in [5.74, 6) is -1.72. The lowest BCUT2D eigenvalue weighted by molar-refractivity contribution is -0.138. The van der Waals surface area contributed by atoms with Gasteiger partial charge in [0.2, 0.25) is 0 Å². The molecule has 1 aliphatic rings. The Bertz CT molecular complexity index is 1500. The SMILES string of the molecule is Cc1cnc2cc(C3CCC(c4c(F)cccc4F)CC3)c(=O)n(Cc3ncccc3C(F)(F)F)c2n1. The van der Waals surface area contributed by atoms with E-state index in [1.54, 1.807) is 13.0 Å². The van der Waals surface area contributed by atoms with E-state index in [4.69, 9.17) is 0 Å². The summed E-state index contributed by atoms with van der Waals surface area (Å²) in [5, 5.41) is 0. The maximum absolute atomic E-state index is 14.3. The number of alkyl halides is 3. The van der Waals surface area contributed by atoms with Crippen molar-refractivity contribution in [3.63, 3.8) is 0 Å². The quantitative estimate of drug-likeness (QED) is 0.301.